The van der Waals surface area contributed by atoms with Gasteiger partial charge in [-0.15, -0.1) is 0 Å². The van der Waals surface area contributed by atoms with E-state index in [2.05, 4.69) is 0 Å². The minimum absolute atomic E-state index is 0.0807. The molecule has 26 heavy (non-hydrogen) atoms. The summed E-state index contributed by atoms with van der Waals surface area (Å²) in [4.78, 5) is 52.1. The van der Waals surface area contributed by atoms with Gasteiger partial charge in [0.25, 0.3) is 0 Å². The van der Waals surface area contributed by atoms with Gasteiger partial charge < -0.3 is 0 Å². The fourth-order valence-corrected chi connectivity index (χ4v) is 4.45. The Morgan fingerprint density at radius 1 is 1.15 bits per heavy atom. The van der Waals surface area contributed by atoms with Crippen LogP contribution in [0.3, 0.4) is 0 Å². The lowest BCUT2D eigenvalue weighted by Gasteiger charge is -2.30. The van der Waals surface area contributed by atoms with Crippen LogP contribution in [-0.2, 0) is 24.6 Å². The van der Waals surface area contributed by atoms with Crippen LogP contribution < -0.4 is 4.90 Å². The minimum Gasteiger partial charge on any atom is -0.299 e. The predicted molar refractivity (Wildman–Crippen MR) is 97.7 cm³/mol. The van der Waals surface area contributed by atoms with Crippen molar-refractivity contribution in [3.8, 4) is 0 Å². The Morgan fingerprint density at radius 2 is 1.81 bits per heavy atom. The number of nitrogens with zero attached hydrogens (tertiary/aromatic N) is 1. The summed E-state index contributed by atoms with van der Waals surface area (Å²) in [5, 5.41) is 0. The van der Waals surface area contributed by atoms with Crippen LogP contribution in [0.2, 0.25) is 0 Å². The van der Waals surface area contributed by atoms with Crippen molar-refractivity contribution in [2.24, 2.45) is 11.3 Å². The van der Waals surface area contributed by atoms with Crippen molar-refractivity contribution in [3.05, 3.63) is 29.8 Å². The zero-order valence-electron chi connectivity index (χ0n) is 15.8. The Kier molecular flexibility index (Phi) is 4.37. The number of Topliss-reactive ketones (excluding diaryl/α,β-unsaturated/α-hetero) is 2. The van der Waals surface area contributed by atoms with Crippen LogP contribution in [0, 0.1) is 11.3 Å². The summed E-state index contributed by atoms with van der Waals surface area (Å²) in [6.45, 7) is 7.43. The fraction of sp³-hybridized carbons (Fsp3) is 0.524. The number of imide groups is 1. The van der Waals surface area contributed by atoms with Crippen molar-refractivity contribution in [2.45, 2.75) is 58.8 Å². The molecular weight excluding hydrogens is 330 g/mol. The number of rotatable bonds is 3. The number of hydrogen-bond donors (Lipinski definition) is 0. The molecule has 5 nitrogen and oxygen atoms in total. The summed E-state index contributed by atoms with van der Waals surface area (Å²) in [7, 11) is 0. The van der Waals surface area contributed by atoms with E-state index >= 15 is 0 Å². The van der Waals surface area contributed by atoms with E-state index in [1.165, 1.54) is 11.8 Å². The van der Waals surface area contributed by atoms with Crippen LogP contribution in [0.1, 0.15) is 58.9 Å². The molecule has 138 valence electrons. The maximum Gasteiger partial charge on any atom is 0.238 e. The standard InChI is InChI=1S/C21H25NO4/c1-13(23)21(11-7-10-17(21)24)15-12-18(25)22(19(15)26)16-9-6-5-8-14(16)20(2,3)4/h5-6,8-9,15H,7,10-12H2,1-4H3/t15-,21+/m0/s1. The molecule has 0 N–H and O–H groups in total. The monoisotopic (exact) mass is 355 g/mol. The highest BCUT2D eigenvalue weighted by atomic mass is 16.2. The van der Waals surface area contributed by atoms with Crippen molar-refractivity contribution in [1.82, 2.24) is 0 Å². The van der Waals surface area contributed by atoms with Crippen LogP contribution in [0.25, 0.3) is 0 Å². The summed E-state index contributed by atoms with van der Waals surface area (Å²) in [6, 6.07) is 7.34. The molecule has 2 amide bonds. The van der Waals surface area contributed by atoms with Gasteiger partial charge in [-0.1, -0.05) is 39.0 Å². The Bertz CT molecular complexity index is 804. The van der Waals surface area contributed by atoms with Gasteiger partial charge >= 0.3 is 0 Å². The number of benzene rings is 1. The van der Waals surface area contributed by atoms with Crippen molar-refractivity contribution < 1.29 is 19.2 Å². The maximum atomic E-state index is 13.2. The second kappa shape index (κ2) is 6.15. The van der Waals surface area contributed by atoms with Crippen LogP contribution >= 0.6 is 0 Å². The molecule has 3 rings (SSSR count). The normalized spacial score (nSPS) is 26.7. The Labute approximate surface area is 153 Å². The van der Waals surface area contributed by atoms with E-state index in [1.54, 1.807) is 12.1 Å². The van der Waals surface area contributed by atoms with Gasteiger partial charge in [-0.05, 0) is 36.8 Å². The first kappa shape index (κ1) is 18.5. The zero-order chi connectivity index (χ0) is 19.3. The highest BCUT2D eigenvalue weighted by Gasteiger charge is 2.59. The van der Waals surface area contributed by atoms with Gasteiger partial charge in [0.05, 0.1) is 17.0 Å². The molecule has 0 radical (unpaired) electrons. The number of hydrogen-bond acceptors (Lipinski definition) is 4. The lowest BCUT2D eigenvalue weighted by Crippen LogP contribution is -2.45. The number of carbonyl (C=O) groups excluding carboxylic acids is 4. The highest BCUT2D eigenvalue weighted by molar-refractivity contribution is 6.25. The van der Waals surface area contributed by atoms with Gasteiger partial charge in [0.2, 0.25) is 11.8 Å². The average Bonchev–Trinajstić information content (AvgIpc) is 3.07. The molecule has 1 aromatic rings. The van der Waals surface area contributed by atoms with Gasteiger partial charge in [-0.2, -0.15) is 0 Å². The number of para-hydroxylation sites is 1. The quantitative estimate of drug-likeness (QED) is 0.617. The van der Waals surface area contributed by atoms with Crippen LogP contribution in [0.15, 0.2) is 24.3 Å². The molecule has 2 fully saturated rings. The van der Waals surface area contributed by atoms with E-state index in [-0.39, 0.29) is 29.3 Å². The molecule has 0 spiro atoms. The second-order valence-electron chi connectivity index (χ2n) is 8.40. The molecule has 0 unspecified atom stereocenters. The second-order valence-corrected chi connectivity index (χ2v) is 8.40. The fourth-order valence-electron chi connectivity index (χ4n) is 4.45. The largest absolute Gasteiger partial charge is 0.299 e. The summed E-state index contributed by atoms with van der Waals surface area (Å²) < 4.78 is 0. The summed E-state index contributed by atoms with van der Waals surface area (Å²) in [6.07, 6.45) is 1.17. The zero-order valence-corrected chi connectivity index (χ0v) is 15.8. The van der Waals surface area contributed by atoms with Crippen molar-refractivity contribution >= 4 is 29.1 Å². The third-order valence-electron chi connectivity index (χ3n) is 5.80. The Hall–Kier alpha value is -2.30. The van der Waals surface area contributed by atoms with E-state index in [0.29, 0.717) is 24.9 Å². The summed E-state index contributed by atoms with van der Waals surface area (Å²) >= 11 is 0. The Balaban J connectivity index is 2.07. The van der Waals surface area contributed by atoms with Gasteiger partial charge in [-0.3, -0.25) is 19.2 Å². The predicted octanol–water partition coefficient (Wildman–Crippen LogP) is 3.19. The van der Waals surface area contributed by atoms with E-state index in [4.69, 9.17) is 0 Å². The van der Waals surface area contributed by atoms with Crippen LogP contribution in [0.5, 0.6) is 0 Å². The number of ketones is 2. The van der Waals surface area contributed by atoms with E-state index in [0.717, 1.165) is 5.56 Å². The smallest absolute Gasteiger partial charge is 0.238 e. The highest BCUT2D eigenvalue weighted by Crippen LogP contribution is 2.48. The Morgan fingerprint density at radius 3 is 2.35 bits per heavy atom. The molecule has 1 saturated heterocycles. The molecular formula is C21H25NO4. The average molecular weight is 355 g/mol. The SMILES string of the molecule is CC(=O)[C@@]1([C@H]2CC(=O)N(c3ccccc3C(C)(C)C)C2=O)CCCC1=O. The summed E-state index contributed by atoms with van der Waals surface area (Å²) in [5.41, 5.74) is -0.131. The van der Waals surface area contributed by atoms with Crippen LogP contribution in [0.4, 0.5) is 5.69 Å². The van der Waals surface area contributed by atoms with Gasteiger partial charge in [-0.25, -0.2) is 4.90 Å². The third-order valence-corrected chi connectivity index (χ3v) is 5.80. The summed E-state index contributed by atoms with van der Waals surface area (Å²) in [5.74, 6) is -2.12. The first-order valence-electron chi connectivity index (χ1n) is 9.11. The van der Waals surface area contributed by atoms with Crippen molar-refractivity contribution in [2.75, 3.05) is 4.90 Å². The lowest BCUT2D eigenvalue weighted by atomic mass is 9.69. The molecule has 1 aliphatic heterocycles. The lowest BCUT2D eigenvalue weighted by molar-refractivity contribution is -0.145. The maximum absolute atomic E-state index is 13.2. The third kappa shape index (κ3) is 2.61. The number of carbonyl (C=O) groups is 4. The van der Waals surface area contributed by atoms with Crippen molar-refractivity contribution in [3.63, 3.8) is 0 Å². The molecule has 1 heterocycles. The van der Waals surface area contributed by atoms with Gasteiger partial charge in [0, 0.05) is 12.8 Å². The van der Waals surface area contributed by atoms with E-state index in [9.17, 15) is 19.2 Å². The molecule has 1 aliphatic carbocycles. The number of anilines is 1. The molecule has 1 saturated carbocycles. The minimum atomic E-state index is -1.32. The molecule has 0 bridgehead atoms. The molecule has 0 aromatic heterocycles. The van der Waals surface area contributed by atoms with Crippen LogP contribution in [-0.4, -0.2) is 23.4 Å². The number of amides is 2. The van der Waals surface area contributed by atoms with Gasteiger partial charge in [0.15, 0.2) is 0 Å². The van der Waals surface area contributed by atoms with Gasteiger partial charge in [0.1, 0.15) is 11.6 Å². The first-order valence-corrected chi connectivity index (χ1v) is 9.11. The van der Waals surface area contributed by atoms with E-state index < -0.39 is 17.2 Å². The topological polar surface area (TPSA) is 71.5 Å². The van der Waals surface area contributed by atoms with Crippen molar-refractivity contribution in [1.29, 1.82) is 0 Å². The molecule has 1 aromatic carbocycles. The molecule has 2 aliphatic rings. The molecule has 2 atom stereocenters. The molecule has 5 heteroatoms. The van der Waals surface area contributed by atoms with E-state index in [1.807, 2.05) is 32.9 Å². The first-order chi connectivity index (χ1) is 12.1.